The molecule has 11 heteroatoms. The van der Waals surface area contributed by atoms with Crippen LogP contribution in [0.3, 0.4) is 0 Å². The Bertz CT molecular complexity index is 1320. The summed E-state index contributed by atoms with van der Waals surface area (Å²) in [6.45, 7) is 4.77. The van der Waals surface area contributed by atoms with Crippen molar-refractivity contribution < 1.29 is 14.3 Å². The van der Waals surface area contributed by atoms with E-state index in [1.807, 2.05) is 50.2 Å². The van der Waals surface area contributed by atoms with Crippen LogP contribution in [0.4, 0.5) is 5.82 Å². The van der Waals surface area contributed by atoms with E-state index in [2.05, 4.69) is 25.9 Å². The minimum absolute atomic E-state index is 0.153. The highest BCUT2D eigenvalue weighted by Crippen LogP contribution is 2.32. The molecule has 5 rings (SSSR count). The van der Waals surface area contributed by atoms with Crippen LogP contribution in [-0.4, -0.2) is 48.4 Å². The Morgan fingerprint density at radius 2 is 2.03 bits per heavy atom. The lowest BCUT2D eigenvalue weighted by atomic mass is 10.1. The van der Waals surface area contributed by atoms with Gasteiger partial charge in [0.05, 0.1) is 24.2 Å². The summed E-state index contributed by atoms with van der Waals surface area (Å²) >= 11 is 1.27. The number of fused-ring (bicyclic) bond motifs is 1. The van der Waals surface area contributed by atoms with E-state index < -0.39 is 0 Å². The summed E-state index contributed by atoms with van der Waals surface area (Å²) in [6.07, 6.45) is 1.65. The van der Waals surface area contributed by atoms with Gasteiger partial charge in [0.15, 0.2) is 11.5 Å². The van der Waals surface area contributed by atoms with E-state index >= 15 is 0 Å². The molecule has 1 N–H and O–H groups in total. The largest absolute Gasteiger partial charge is 0.454 e. The number of nitrogens with one attached hydrogen (secondary N) is 1. The number of rotatable bonds is 7. The molecule has 3 heterocycles. The summed E-state index contributed by atoms with van der Waals surface area (Å²) in [5, 5.41) is 19.8. The fourth-order valence-electron chi connectivity index (χ4n) is 3.47. The molecule has 168 valence electrons. The summed E-state index contributed by atoms with van der Waals surface area (Å²) in [5.41, 5.74) is 4.11. The standard InChI is InChI=1S/C22H21N7O3S/c1-14-4-3-5-17(15(14)2)29-22(25-26-27-29)33-12-21(30)24-20-8-9-23-28(20)11-16-6-7-18-19(10-16)32-13-31-18/h3-10H,11-13H2,1-2H3,(H,24,30). The van der Waals surface area contributed by atoms with Crippen molar-refractivity contribution in [2.45, 2.75) is 25.5 Å². The third kappa shape index (κ3) is 4.40. The van der Waals surface area contributed by atoms with Gasteiger partial charge in [0, 0.05) is 6.07 Å². The van der Waals surface area contributed by atoms with Crippen LogP contribution in [0.2, 0.25) is 0 Å². The van der Waals surface area contributed by atoms with Crippen molar-refractivity contribution in [2.24, 2.45) is 0 Å². The maximum Gasteiger partial charge on any atom is 0.235 e. The quantitative estimate of drug-likeness (QED) is 0.417. The summed E-state index contributed by atoms with van der Waals surface area (Å²) in [7, 11) is 0. The maximum absolute atomic E-state index is 12.6. The Balaban J connectivity index is 1.23. The van der Waals surface area contributed by atoms with Crippen LogP contribution in [-0.2, 0) is 11.3 Å². The number of hydrogen-bond donors (Lipinski definition) is 1. The minimum Gasteiger partial charge on any atom is -0.454 e. The van der Waals surface area contributed by atoms with Crippen LogP contribution in [0, 0.1) is 13.8 Å². The molecular formula is C22H21N7O3S. The third-order valence-electron chi connectivity index (χ3n) is 5.33. The van der Waals surface area contributed by atoms with Gasteiger partial charge in [-0.1, -0.05) is 30.0 Å². The molecule has 0 aliphatic carbocycles. The van der Waals surface area contributed by atoms with Crippen molar-refractivity contribution in [3.63, 3.8) is 0 Å². The number of anilines is 1. The van der Waals surface area contributed by atoms with Crippen molar-refractivity contribution in [1.82, 2.24) is 30.0 Å². The van der Waals surface area contributed by atoms with Crippen LogP contribution in [0.1, 0.15) is 16.7 Å². The molecule has 0 bridgehead atoms. The van der Waals surface area contributed by atoms with Crippen molar-refractivity contribution in [2.75, 3.05) is 17.9 Å². The topological polar surface area (TPSA) is 109 Å². The highest BCUT2D eigenvalue weighted by Gasteiger charge is 2.16. The third-order valence-corrected chi connectivity index (χ3v) is 6.25. The number of amides is 1. The van der Waals surface area contributed by atoms with Gasteiger partial charge in [-0.15, -0.1) is 5.10 Å². The maximum atomic E-state index is 12.6. The van der Waals surface area contributed by atoms with E-state index in [1.165, 1.54) is 11.8 Å². The van der Waals surface area contributed by atoms with E-state index in [0.29, 0.717) is 23.3 Å². The second-order valence-electron chi connectivity index (χ2n) is 7.49. The van der Waals surface area contributed by atoms with Gasteiger partial charge >= 0.3 is 0 Å². The van der Waals surface area contributed by atoms with Gasteiger partial charge in [0.25, 0.3) is 0 Å². The second kappa shape index (κ2) is 8.94. The Kier molecular flexibility index (Phi) is 5.69. The second-order valence-corrected chi connectivity index (χ2v) is 8.43. The molecule has 0 saturated carbocycles. The first-order valence-corrected chi connectivity index (χ1v) is 11.2. The molecule has 2 aromatic carbocycles. The molecule has 0 radical (unpaired) electrons. The summed E-state index contributed by atoms with van der Waals surface area (Å²) in [4.78, 5) is 12.6. The molecule has 10 nitrogen and oxygen atoms in total. The molecule has 33 heavy (non-hydrogen) atoms. The van der Waals surface area contributed by atoms with Crippen LogP contribution in [0.5, 0.6) is 11.5 Å². The number of ether oxygens (including phenoxy) is 2. The smallest absolute Gasteiger partial charge is 0.235 e. The summed E-state index contributed by atoms with van der Waals surface area (Å²) in [5.74, 6) is 2.02. The van der Waals surface area contributed by atoms with Crippen molar-refractivity contribution in [1.29, 1.82) is 0 Å². The lowest BCUT2D eigenvalue weighted by molar-refractivity contribution is -0.113. The normalized spacial score (nSPS) is 12.2. The minimum atomic E-state index is -0.178. The van der Waals surface area contributed by atoms with E-state index in [9.17, 15) is 4.79 Å². The number of thioether (sulfide) groups is 1. The van der Waals surface area contributed by atoms with Gasteiger partial charge < -0.3 is 14.8 Å². The van der Waals surface area contributed by atoms with E-state index in [0.717, 1.165) is 28.1 Å². The zero-order valence-corrected chi connectivity index (χ0v) is 18.9. The van der Waals surface area contributed by atoms with Crippen LogP contribution in [0.15, 0.2) is 53.8 Å². The SMILES string of the molecule is Cc1cccc(-n2nnnc2SCC(=O)Nc2ccnn2Cc2ccc3c(c2)OCO3)c1C. The molecule has 0 fully saturated rings. The molecule has 0 spiro atoms. The average molecular weight is 464 g/mol. The van der Waals surface area contributed by atoms with Gasteiger partial charge in [-0.25, -0.2) is 4.68 Å². The number of hydrogen-bond acceptors (Lipinski definition) is 8. The molecule has 1 aliphatic rings. The number of nitrogens with zero attached hydrogens (tertiary/aromatic N) is 6. The highest BCUT2D eigenvalue weighted by molar-refractivity contribution is 7.99. The number of aromatic nitrogens is 6. The Morgan fingerprint density at radius 3 is 2.94 bits per heavy atom. The fraction of sp³-hybridized carbons (Fsp3) is 0.227. The first kappa shape index (κ1) is 21.0. The average Bonchev–Trinajstić information content (AvgIpc) is 3.56. The van der Waals surface area contributed by atoms with Crippen LogP contribution < -0.4 is 14.8 Å². The highest BCUT2D eigenvalue weighted by atomic mass is 32.2. The molecule has 0 atom stereocenters. The first-order chi connectivity index (χ1) is 16.1. The first-order valence-electron chi connectivity index (χ1n) is 10.3. The molecule has 4 aromatic rings. The Hall–Kier alpha value is -3.86. The lowest BCUT2D eigenvalue weighted by Crippen LogP contribution is -2.18. The predicted molar refractivity (Wildman–Crippen MR) is 122 cm³/mol. The number of tetrazole rings is 1. The van der Waals surface area contributed by atoms with E-state index in [4.69, 9.17) is 9.47 Å². The zero-order chi connectivity index (χ0) is 22.8. The summed E-state index contributed by atoms with van der Waals surface area (Å²) in [6, 6.07) is 13.4. The molecule has 1 aliphatic heterocycles. The molecule has 0 unspecified atom stereocenters. The Morgan fingerprint density at radius 1 is 1.15 bits per heavy atom. The molecule has 0 saturated heterocycles. The lowest BCUT2D eigenvalue weighted by Gasteiger charge is -2.11. The number of aryl methyl sites for hydroxylation is 1. The number of carbonyl (C=O) groups is 1. The van der Waals surface area contributed by atoms with Crippen molar-refractivity contribution >= 4 is 23.5 Å². The van der Waals surface area contributed by atoms with Gasteiger partial charge in [-0.05, 0) is 59.2 Å². The zero-order valence-electron chi connectivity index (χ0n) is 18.1. The van der Waals surface area contributed by atoms with Gasteiger partial charge in [-0.2, -0.15) is 9.78 Å². The van der Waals surface area contributed by atoms with Crippen molar-refractivity contribution in [3.8, 4) is 17.2 Å². The fourth-order valence-corrected chi connectivity index (χ4v) is 4.16. The van der Waals surface area contributed by atoms with Crippen LogP contribution >= 0.6 is 11.8 Å². The number of carbonyl (C=O) groups excluding carboxylic acids is 1. The number of benzene rings is 2. The Labute approximate surface area is 193 Å². The van der Waals surface area contributed by atoms with Crippen molar-refractivity contribution in [3.05, 3.63) is 65.4 Å². The van der Waals surface area contributed by atoms with Gasteiger partial charge in [0.1, 0.15) is 5.82 Å². The monoisotopic (exact) mass is 463 g/mol. The molecule has 1 amide bonds. The van der Waals surface area contributed by atoms with Crippen LogP contribution in [0.25, 0.3) is 5.69 Å². The van der Waals surface area contributed by atoms with Gasteiger partial charge in [0.2, 0.25) is 17.9 Å². The van der Waals surface area contributed by atoms with Gasteiger partial charge in [-0.3, -0.25) is 4.79 Å². The molecular weight excluding hydrogens is 442 g/mol. The summed E-state index contributed by atoms with van der Waals surface area (Å²) < 4.78 is 14.2. The van der Waals surface area contributed by atoms with E-state index in [-0.39, 0.29) is 18.5 Å². The molecule has 2 aromatic heterocycles. The van der Waals surface area contributed by atoms with E-state index in [1.54, 1.807) is 21.6 Å². The predicted octanol–water partition coefficient (Wildman–Crippen LogP) is 2.98.